The first-order valence-corrected chi connectivity index (χ1v) is 6.62. The zero-order valence-electron chi connectivity index (χ0n) is 9.04. The summed E-state index contributed by atoms with van der Waals surface area (Å²) in [6.45, 7) is 5.22. The number of rotatable bonds is 4. The van der Waals surface area contributed by atoms with Crippen LogP contribution in [-0.4, -0.2) is 42.0 Å². The summed E-state index contributed by atoms with van der Waals surface area (Å²) in [5.74, 6) is 3.12. The van der Waals surface area contributed by atoms with Crippen LogP contribution >= 0.6 is 11.8 Å². The van der Waals surface area contributed by atoms with Crippen molar-refractivity contribution in [2.45, 2.75) is 26.2 Å². The van der Waals surface area contributed by atoms with E-state index in [-0.39, 0.29) is 0 Å². The maximum atomic E-state index is 5.90. The van der Waals surface area contributed by atoms with Crippen LogP contribution in [0, 0.1) is 0 Å². The predicted octanol–water partition coefficient (Wildman–Crippen LogP) is 1.54. The van der Waals surface area contributed by atoms with Crippen LogP contribution in [0.4, 0.5) is 0 Å². The average Bonchev–Trinajstić information content (AvgIpc) is 2.25. The molecule has 1 fully saturated rings. The van der Waals surface area contributed by atoms with Crippen molar-refractivity contribution in [3.05, 3.63) is 0 Å². The van der Waals surface area contributed by atoms with Crippen molar-refractivity contribution in [1.29, 1.82) is 0 Å². The third-order valence-electron chi connectivity index (χ3n) is 2.37. The van der Waals surface area contributed by atoms with Crippen molar-refractivity contribution in [3.8, 4) is 0 Å². The fraction of sp³-hybridized carbons (Fsp3) is 0.900. The molecular weight excluding hydrogens is 194 g/mol. The Bertz CT molecular complexity index is 176. The van der Waals surface area contributed by atoms with Gasteiger partial charge in [-0.1, -0.05) is 19.8 Å². The highest BCUT2D eigenvalue weighted by atomic mass is 32.2. The zero-order chi connectivity index (χ0) is 10.2. The maximum absolute atomic E-state index is 5.90. The van der Waals surface area contributed by atoms with Crippen LogP contribution in [0.5, 0.6) is 0 Å². The SMILES string of the molecule is CCCCCN=C(N)N1CCSCC1. The molecule has 0 spiro atoms. The first kappa shape index (κ1) is 11.7. The molecular formula is C10H21N3S. The fourth-order valence-electron chi connectivity index (χ4n) is 1.45. The van der Waals surface area contributed by atoms with Gasteiger partial charge in [0.1, 0.15) is 0 Å². The van der Waals surface area contributed by atoms with Gasteiger partial charge in [-0.05, 0) is 6.42 Å². The van der Waals surface area contributed by atoms with Crippen molar-refractivity contribution < 1.29 is 0 Å². The molecule has 0 radical (unpaired) electrons. The van der Waals surface area contributed by atoms with Gasteiger partial charge in [-0.15, -0.1) is 0 Å². The summed E-state index contributed by atoms with van der Waals surface area (Å²) < 4.78 is 0. The van der Waals surface area contributed by atoms with Gasteiger partial charge in [0.2, 0.25) is 0 Å². The van der Waals surface area contributed by atoms with Crippen molar-refractivity contribution >= 4 is 17.7 Å². The van der Waals surface area contributed by atoms with Crippen LogP contribution in [0.2, 0.25) is 0 Å². The Morgan fingerprint density at radius 2 is 2.07 bits per heavy atom. The molecule has 3 nitrogen and oxygen atoms in total. The van der Waals surface area contributed by atoms with Gasteiger partial charge in [-0.25, -0.2) is 0 Å². The lowest BCUT2D eigenvalue weighted by atomic mass is 10.2. The van der Waals surface area contributed by atoms with E-state index in [1.807, 2.05) is 11.8 Å². The van der Waals surface area contributed by atoms with E-state index in [0.29, 0.717) is 0 Å². The molecule has 1 heterocycles. The Morgan fingerprint density at radius 3 is 2.71 bits per heavy atom. The van der Waals surface area contributed by atoms with Crippen LogP contribution < -0.4 is 5.73 Å². The van der Waals surface area contributed by atoms with Crippen LogP contribution in [0.15, 0.2) is 4.99 Å². The summed E-state index contributed by atoms with van der Waals surface area (Å²) in [6.07, 6.45) is 3.67. The average molecular weight is 215 g/mol. The Morgan fingerprint density at radius 1 is 1.36 bits per heavy atom. The molecule has 0 aromatic carbocycles. The van der Waals surface area contributed by atoms with Gasteiger partial charge in [-0.2, -0.15) is 11.8 Å². The van der Waals surface area contributed by atoms with Gasteiger partial charge in [0, 0.05) is 31.1 Å². The molecule has 0 saturated carbocycles. The largest absolute Gasteiger partial charge is 0.370 e. The molecule has 0 aromatic heterocycles. The summed E-state index contributed by atoms with van der Waals surface area (Å²) >= 11 is 2.00. The molecule has 0 aliphatic carbocycles. The molecule has 0 bridgehead atoms. The molecule has 1 saturated heterocycles. The second-order valence-corrected chi connectivity index (χ2v) is 4.77. The highest BCUT2D eigenvalue weighted by Crippen LogP contribution is 2.08. The van der Waals surface area contributed by atoms with Gasteiger partial charge in [0.15, 0.2) is 5.96 Å². The topological polar surface area (TPSA) is 41.6 Å². The summed E-state index contributed by atoms with van der Waals surface area (Å²) in [6, 6.07) is 0. The van der Waals surface area contributed by atoms with Gasteiger partial charge in [0.05, 0.1) is 0 Å². The fourth-order valence-corrected chi connectivity index (χ4v) is 2.35. The van der Waals surface area contributed by atoms with E-state index < -0.39 is 0 Å². The normalized spacial score (nSPS) is 18.6. The molecule has 0 aromatic rings. The number of hydrogen-bond acceptors (Lipinski definition) is 2. The second-order valence-electron chi connectivity index (χ2n) is 3.55. The minimum Gasteiger partial charge on any atom is -0.370 e. The number of hydrogen-bond donors (Lipinski definition) is 1. The number of nitrogens with two attached hydrogens (primary N) is 1. The Hall–Kier alpha value is -0.380. The van der Waals surface area contributed by atoms with E-state index in [1.165, 1.54) is 30.8 Å². The summed E-state index contributed by atoms with van der Waals surface area (Å²) in [7, 11) is 0. The minimum atomic E-state index is 0.751. The van der Waals surface area contributed by atoms with E-state index in [1.54, 1.807) is 0 Å². The van der Waals surface area contributed by atoms with Gasteiger partial charge >= 0.3 is 0 Å². The van der Waals surface area contributed by atoms with Gasteiger partial charge in [0.25, 0.3) is 0 Å². The standard InChI is InChI=1S/C10H21N3S/c1-2-3-4-5-12-10(11)13-6-8-14-9-7-13/h2-9H2,1H3,(H2,11,12). The van der Waals surface area contributed by atoms with Gasteiger partial charge in [-0.3, -0.25) is 4.99 Å². The lowest BCUT2D eigenvalue weighted by Gasteiger charge is -2.27. The van der Waals surface area contributed by atoms with Crippen molar-refractivity contribution in [3.63, 3.8) is 0 Å². The lowest BCUT2D eigenvalue weighted by molar-refractivity contribution is 0.455. The predicted molar refractivity (Wildman–Crippen MR) is 64.9 cm³/mol. The number of nitrogens with zero attached hydrogens (tertiary/aromatic N) is 2. The molecule has 1 aliphatic heterocycles. The maximum Gasteiger partial charge on any atom is 0.191 e. The highest BCUT2D eigenvalue weighted by Gasteiger charge is 2.11. The molecule has 2 N–H and O–H groups in total. The molecule has 82 valence electrons. The van der Waals surface area contributed by atoms with Crippen LogP contribution in [-0.2, 0) is 0 Å². The van der Waals surface area contributed by atoms with Crippen molar-refractivity contribution in [2.75, 3.05) is 31.1 Å². The smallest absolute Gasteiger partial charge is 0.191 e. The molecule has 14 heavy (non-hydrogen) atoms. The molecule has 1 aliphatic rings. The molecule has 0 unspecified atom stereocenters. The Kier molecular flexibility index (Phi) is 5.83. The minimum absolute atomic E-state index is 0.751. The molecule has 1 rings (SSSR count). The van der Waals surface area contributed by atoms with Crippen LogP contribution in [0.3, 0.4) is 0 Å². The first-order chi connectivity index (χ1) is 6.84. The van der Waals surface area contributed by atoms with Crippen molar-refractivity contribution in [2.24, 2.45) is 10.7 Å². The molecule has 0 amide bonds. The Balaban J connectivity index is 2.20. The number of guanidine groups is 1. The van der Waals surface area contributed by atoms with Crippen LogP contribution in [0.1, 0.15) is 26.2 Å². The van der Waals surface area contributed by atoms with E-state index in [9.17, 15) is 0 Å². The Labute approximate surface area is 91.1 Å². The number of thioether (sulfide) groups is 1. The molecule has 0 atom stereocenters. The third kappa shape index (κ3) is 4.22. The van der Waals surface area contributed by atoms with E-state index >= 15 is 0 Å². The molecule has 4 heteroatoms. The van der Waals surface area contributed by atoms with E-state index in [2.05, 4.69) is 16.8 Å². The monoisotopic (exact) mass is 215 g/mol. The summed E-state index contributed by atoms with van der Waals surface area (Å²) in [5, 5.41) is 0. The van der Waals surface area contributed by atoms with E-state index in [0.717, 1.165) is 25.6 Å². The zero-order valence-corrected chi connectivity index (χ0v) is 9.85. The van der Waals surface area contributed by atoms with Crippen molar-refractivity contribution in [1.82, 2.24) is 4.90 Å². The third-order valence-corrected chi connectivity index (χ3v) is 3.31. The van der Waals surface area contributed by atoms with Gasteiger partial charge < -0.3 is 10.6 Å². The number of unbranched alkanes of at least 4 members (excludes halogenated alkanes) is 2. The van der Waals surface area contributed by atoms with Crippen LogP contribution in [0.25, 0.3) is 0 Å². The summed E-state index contributed by atoms with van der Waals surface area (Å²) in [4.78, 5) is 6.59. The van der Waals surface area contributed by atoms with E-state index in [4.69, 9.17) is 5.73 Å². The second kappa shape index (κ2) is 6.98. The quantitative estimate of drug-likeness (QED) is 0.439. The first-order valence-electron chi connectivity index (χ1n) is 5.47. The number of aliphatic imine (C=N–C) groups is 1. The highest BCUT2D eigenvalue weighted by molar-refractivity contribution is 7.99. The summed E-state index contributed by atoms with van der Waals surface area (Å²) in [5.41, 5.74) is 5.90. The lowest BCUT2D eigenvalue weighted by Crippen LogP contribution is -2.42.